The zero-order valence-corrected chi connectivity index (χ0v) is 15.6. The fraction of sp³-hybridized carbons (Fsp3) is 0.294. The predicted molar refractivity (Wildman–Crippen MR) is 99.1 cm³/mol. The van der Waals surface area contributed by atoms with Crippen LogP contribution in [0.2, 0.25) is 0 Å². The van der Waals surface area contributed by atoms with E-state index in [4.69, 9.17) is 4.18 Å². The highest BCUT2D eigenvalue weighted by Gasteiger charge is 2.21. The van der Waals surface area contributed by atoms with Crippen molar-refractivity contribution in [1.82, 2.24) is 0 Å². The third-order valence-electron chi connectivity index (χ3n) is 3.96. The lowest BCUT2D eigenvalue weighted by Crippen LogP contribution is -2.12. The molecule has 0 saturated carbocycles. The van der Waals surface area contributed by atoms with Crippen LogP contribution in [0.15, 0.2) is 48.5 Å². The van der Waals surface area contributed by atoms with Crippen LogP contribution in [0, 0.1) is 20.2 Å². The summed E-state index contributed by atoms with van der Waals surface area (Å²) in [5.41, 5.74) is 0.590. The first-order chi connectivity index (χ1) is 13.1. The minimum absolute atomic E-state index is 0.100. The topological polar surface area (TPSA) is 150 Å². The van der Waals surface area contributed by atoms with Crippen molar-refractivity contribution in [3.8, 4) is 0 Å². The molecule has 2 aromatic rings. The molecule has 0 aromatic heterocycles. The lowest BCUT2D eigenvalue weighted by Gasteiger charge is -2.19. The lowest BCUT2D eigenvalue weighted by atomic mass is 9.99. The van der Waals surface area contributed by atoms with Crippen LogP contribution in [0.1, 0.15) is 36.2 Å². The van der Waals surface area contributed by atoms with E-state index in [-0.39, 0.29) is 24.2 Å². The van der Waals surface area contributed by atoms with Crippen LogP contribution in [0.3, 0.4) is 0 Å². The quantitative estimate of drug-likeness (QED) is 0.376. The third kappa shape index (κ3) is 6.08. The van der Waals surface area contributed by atoms with Gasteiger partial charge in [-0.1, -0.05) is 0 Å². The summed E-state index contributed by atoms with van der Waals surface area (Å²) < 4.78 is 28.2. The Kier molecular flexibility index (Phi) is 6.78. The highest BCUT2D eigenvalue weighted by atomic mass is 32.2. The Hall–Kier alpha value is -2.89. The molecule has 1 N–H and O–H groups in total. The minimum Gasteiger partial charge on any atom is -0.388 e. The number of nitro groups is 2. The Morgan fingerprint density at radius 1 is 0.893 bits per heavy atom. The molecule has 0 unspecified atom stereocenters. The summed E-state index contributed by atoms with van der Waals surface area (Å²) in [5, 5.41) is 31.7. The van der Waals surface area contributed by atoms with Crippen LogP contribution < -0.4 is 0 Å². The van der Waals surface area contributed by atoms with Crippen LogP contribution in [0.5, 0.6) is 0 Å². The van der Waals surface area contributed by atoms with Crippen molar-refractivity contribution >= 4 is 21.5 Å². The highest BCUT2D eigenvalue weighted by molar-refractivity contribution is 7.86. The largest absolute Gasteiger partial charge is 0.388 e. The van der Waals surface area contributed by atoms with E-state index in [9.17, 15) is 33.8 Å². The molecule has 0 aliphatic carbocycles. The second kappa shape index (κ2) is 8.87. The molecule has 28 heavy (non-hydrogen) atoms. The molecular formula is C17H18N2O8S. The first kappa shape index (κ1) is 21.4. The standard InChI is InChI=1S/C17H18N2O8S/c1-28(25,26)27-17(13-4-8-15(9-5-13)19(23)24)11-10-16(20)12-2-6-14(7-3-12)18(21)22/h2-9,16-17,20H,10-11H2,1H3/t16-,17-/m1/s1. The molecule has 0 amide bonds. The number of hydrogen-bond donors (Lipinski definition) is 1. The van der Waals surface area contributed by atoms with Crippen molar-refractivity contribution in [2.75, 3.05) is 6.26 Å². The number of hydrogen-bond acceptors (Lipinski definition) is 8. The molecule has 2 atom stereocenters. The fourth-order valence-electron chi connectivity index (χ4n) is 2.59. The number of benzene rings is 2. The van der Waals surface area contributed by atoms with E-state index in [0.717, 1.165) is 6.26 Å². The van der Waals surface area contributed by atoms with Gasteiger partial charge in [0.1, 0.15) is 6.10 Å². The molecule has 11 heteroatoms. The number of nitro benzene ring substituents is 2. The van der Waals surface area contributed by atoms with Gasteiger partial charge in [0.25, 0.3) is 21.5 Å². The smallest absolute Gasteiger partial charge is 0.269 e. The molecule has 0 radical (unpaired) electrons. The third-order valence-corrected chi connectivity index (χ3v) is 4.54. The molecule has 10 nitrogen and oxygen atoms in total. The SMILES string of the molecule is CS(=O)(=O)O[C@H](CC[C@@H](O)c1ccc([N+](=O)[O-])cc1)c1ccc([N+](=O)[O-])cc1. The molecule has 0 heterocycles. The van der Waals surface area contributed by atoms with E-state index in [1.54, 1.807) is 0 Å². The molecule has 2 rings (SSSR count). The Morgan fingerprint density at radius 2 is 1.32 bits per heavy atom. The summed E-state index contributed by atoms with van der Waals surface area (Å²) in [6.07, 6.45) is -0.844. The second-order valence-electron chi connectivity index (χ2n) is 6.08. The molecule has 0 bridgehead atoms. The highest BCUT2D eigenvalue weighted by Crippen LogP contribution is 2.30. The van der Waals surface area contributed by atoms with E-state index in [2.05, 4.69) is 0 Å². The van der Waals surface area contributed by atoms with Crippen molar-refractivity contribution in [2.24, 2.45) is 0 Å². The molecule has 0 fully saturated rings. The van der Waals surface area contributed by atoms with Gasteiger partial charge in [-0.2, -0.15) is 8.42 Å². The molecule has 0 aliphatic rings. The van der Waals surface area contributed by atoms with Gasteiger partial charge in [0.2, 0.25) is 0 Å². The second-order valence-corrected chi connectivity index (χ2v) is 7.68. The molecule has 0 saturated heterocycles. The van der Waals surface area contributed by atoms with Gasteiger partial charge in [-0.25, -0.2) is 0 Å². The van der Waals surface area contributed by atoms with Crippen molar-refractivity contribution in [3.05, 3.63) is 79.9 Å². The first-order valence-electron chi connectivity index (χ1n) is 8.12. The Labute approximate surface area is 160 Å². The zero-order valence-electron chi connectivity index (χ0n) is 14.8. The maximum Gasteiger partial charge on any atom is 0.269 e. The Balaban J connectivity index is 2.13. The number of aliphatic hydroxyl groups excluding tert-OH is 1. The lowest BCUT2D eigenvalue weighted by molar-refractivity contribution is -0.385. The number of nitrogens with zero attached hydrogens (tertiary/aromatic N) is 2. The van der Waals surface area contributed by atoms with Crippen LogP contribution in [0.25, 0.3) is 0 Å². The fourth-order valence-corrected chi connectivity index (χ4v) is 3.22. The maximum atomic E-state index is 11.5. The molecule has 150 valence electrons. The molecule has 2 aromatic carbocycles. The number of aliphatic hydroxyl groups is 1. The summed E-state index contributed by atoms with van der Waals surface area (Å²) in [6.45, 7) is 0. The van der Waals surface area contributed by atoms with Gasteiger partial charge >= 0.3 is 0 Å². The van der Waals surface area contributed by atoms with Gasteiger partial charge in [0, 0.05) is 24.3 Å². The van der Waals surface area contributed by atoms with Crippen molar-refractivity contribution in [3.63, 3.8) is 0 Å². The van der Waals surface area contributed by atoms with E-state index < -0.39 is 32.2 Å². The molecular weight excluding hydrogens is 392 g/mol. The maximum absolute atomic E-state index is 11.5. The van der Waals surface area contributed by atoms with Crippen LogP contribution in [-0.2, 0) is 14.3 Å². The average molecular weight is 410 g/mol. The van der Waals surface area contributed by atoms with Crippen LogP contribution in [-0.4, -0.2) is 29.6 Å². The minimum atomic E-state index is -3.82. The summed E-state index contributed by atoms with van der Waals surface area (Å²) in [5.74, 6) is 0. The number of non-ortho nitro benzene ring substituents is 2. The van der Waals surface area contributed by atoms with Gasteiger partial charge in [0.05, 0.1) is 22.2 Å². The molecule has 0 spiro atoms. The van der Waals surface area contributed by atoms with Crippen LogP contribution >= 0.6 is 0 Å². The van der Waals surface area contributed by atoms with Crippen molar-refractivity contribution in [2.45, 2.75) is 25.0 Å². The van der Waals surface area contributed by atoms with E-state index in [0.29, 0.717) is 11.1 Å². The Morgan fingerprint density at radius 3 is 1.71 bits per heavy atom. The zero-order chi connectivity index (χ0) is 20.9. The monoisotopic (exact) mass is 410 g/mol. The van der Waals surface area contributed by atoms with E-state index >= 15 is 0 Å². The summed E-state index contributed by atoms with van der Waals surface area (Å²) in [7, 11) is -3.82. The van der Waals surface area contributed by atoms with Crippen LogP contribution in [0.4, 0.5) is 11.4 Å². The van der Waals surface area contributed by atoms with Gasteiger partial charge < -0.3 is 5.11 Å². The molecule has 0 aliphatic heterocycles. The predicted octanol–water partition coefficient (Wildman–Crippen LogP) is 3.03. The van der Waals surface area contributed by atoms with E-state index in [1.165, 1.54) is 48.5 Å². The van der Waals surface area contributed by atoms with Gasteiger partial charge in [-0.15, -0.1) is 0 Å². The summed E-state index contributed by atoms with van der Waals surface area (Å²) in [6, 6.07) is 10.6. The van der Waals surface area contributed by atoms with Gasteiger partial charge in [-0.05, 0) is 48.2 Å². The van der Waals surface area contributed by atoms with Crippen molar-refractivity contribution < 1.29 is 27.6 Å². The summed E-state index contributed by atoms with van der Waals surface area (Å²) in [4.78, 5) is 20.3. The van der Waals surface area contributed by atoms with Crippen molar-refractivity contribution in [1.29, 1.82) is 0 Å². The van der Waals surface area contributed by atoms with E-state index in [1.807, 2.05) is 0 Å². The number of rotatable bonds is 9. The average Bonchev–Trinajstić information content (AvgIpc) is 2.64. The Bertz CT molecular complexity index is 942. The normalized spacial score (nSPS) is 13.6. The van der Waals surface area contributed by atoms with Gasteiger partial charge in [0.15, 0.2) is 0 Å². The first-order valence-corrected chi connectivity index (χ1v) is 9.93. The summed E-state index contributed by atoms with van der Waals surface area (Å²) >= 11 is 0. The van der Waals surface area contributed by atoms with Gasteiger partial charge in [-0.3, -0.25) is 24.4 Å².